The summed E-state index contributed by atoms with van der Waals surface area (Å²) in [5.74, 6) is -0.286. The number of anilines is 1. The summed E-state index contributed by atoms with van der Waals surface area (Å²) in [5.41, 5.74) is 1.34. The zero-order valence-corrected chi connectivity index (χ0v) is 12.5. The second kappa shape index (κ2) is 5.11. The van der Waals surface area contributed by atoms with Crippen LogP contribution in [-0.2, 0) is 23.1 Å². The number of carbonyl (C=O) groups is 1. The lowest BCUT2D eigenvalue weighted by molar-refractivity contribution is 0.102. The molecule has 9 heteroatoms. The van der Waals surface area contributed by atoms with Crippen LogP contribution in [0.3, 0.4) is 0 Å². The Hall–Kier alpha value is -2.39. The Morgan fingerprint density at radius 1 is 1.36 bits per heavy atom. The van der Waals surface area contributed by atoms with Crippen LogP contribution in [0.4, 0.5) is 5.82 Å². The molecule has 1 aliphatic rings. The van der Waals surface area contributed by atoms with Crippen molar-refractivity contribution in [3.05, 3.63) is 41.1 Å². The van der Waals surface area contributed by atoms with E-state index in [1.165, 1.54) is 16.4 Å². The van der Waals surface area contributed by atoms with Crippen molar-refractivity contribution in [2.75, 3.05) is 11.6 Å². The SMILES string of the molecule is CS(=O)(=O)N1Cc2n[nH]c(NC(=O)c3ccccc3O)c2C1. The number of fused-ring (bicyclic) bond motifs is 1. The standard InChI is InChI=1S/C13H14N4O4S/c1-22(20,21)17-6-9-10(7-17)15-16-12(9)14-13(19)8-4-2-3-5-11(8)18/h2-5,18H,6-7H2,1H3,(H2,14,15,16,19). The third-order valence-electron chi connectivity index (χ3n) is 3.47. The molecule has 1 amide bonds. The number of hydrogen-bond acceptors (Lipinski definition) is 5. The minimum Gasteiger partial charge on any atom is -0.507 e. The number of nitrogens with zero attached hydrogens (tertiary/aromatic N) is 2. The van der Waals surface area contributed by atoms with Crippen LogP contribution in [0.15, 0.2) is 24.3 Å². The van der Waals surface area contributed by atoms with Crippen molar-refractivity contribution in [1.82, 2.24) is 14.5 Å². The summed E-state index contributed by atoms with van der Waals surface area (Å²) in [4.78, 5) is 12.2. The normalized spacial score (nSPS) is 14.8. The first kappa shape index (κ1) is 14.5. The average Bonchev–Trinajstić information content (AvgIpc) is 3.01. The van der Waals surface area contributed by atoms with E-state index in [4.69, 9.17) is 0 Å². The zero-order valence-electron chi connectivity index (χ0n) is 11.7. The number of aromatic nitrogens is 2. The van der Waals surface area contributed by atoms with E-state index in [-0.39, 0.29) is 24.4 Å². The van der Waals surface area contributed by atoms with Crippen LogP contribution in [0.1, 0.15) is 21.6 Å². The number of aromatic amines is 1. The van der Waals surface area contributed by atoms with E-state index >= 15 is 0 Å². The van der Waals surface area contributed by atoms with E-state index < -0.39 is 15.9 Å². The second-order valence-corrected chi connectivity index (χ2v) is 7.01. The topological polar surface area (TPSA) is 115 Å². The van der Waals surface area contributed by atoms with Gasteiger partial charge in [-0.15, -0.1) is 0 Å². The van der Waals surface area contributed by atoms with Crippen LogP contribution in [0.25, 0.3) is 0 Å². The molecule has 0 fully saturated rings. The molecule has 0 atom stereocenters. The number of sulfonamides is 1. The molecule has 116 valence electrons. The molecule has 0 saturated carbocycles. The van der Waals surface area contributed by atoms with Gasteiger partial charge in [0.15, 0.2) is 0 Å². The van der Waals surface area contributed by atoms with E-state index in [0.717, 1.165) is 6.26 Å². The molecule has 1 aliphatic heterocycles. The van der Waals surface area contributed by atoms with Gasteiger partial charge in [-0.3, -0.25) is 9.89 Å². The van der Waals surface area contributed by atoms with Crippen LogP contribution in [0.2, 0.25) is 0 Å². The molecule has 2 aromatic rings. The van der Waals surface area contributed by atoms with Crippen molar-refractivity contribution >= 4 is 21.7 Å². The summed E-state index contributed by atoms with van der Waals surface area (Å²) in [7, 11) is -3.32. The van der Waals surface area contributed by atoms with Crippen LogP contribution in [0.5, 0.6) is 5.75 Å². The highest BCUT2D eigenvalue weighted by atomic mass is 32.2. The lowest BCUT2D eigenvalue weighted by Crippen LogP contribution is -2.24. The molecule has 0 radical (unpaired) electrons. The van der Waals surface area contributed by atoms with Crippen molar-refractivity contribution in [1.29, 1.82) is 0 Å². The van der Waals surface area contributed by atoms with Crippen molar-refractivity contribution in [2.24, 2.45) is 0 Å². The molecule has 0 aliphatic carbocycles. The number of phenolic OH excluding ortho intramolecular Hbond substituents is 1. The van der Waals surface area contributed by atoms with Crippen LogP contribution in [-0.4, -0.2) is 40.2 Å². The molecular weight excluding hydrogens is 308 g/mol. The van der Waals surface area contributed by atoms with Crippen molar-refractivity contribution in [2.45, 2.75) is 13.1 Å². The predicted molar refractivity (Wildman–Crippen MR) is 78.7 cm³/mol. The van der Waals surface area contributed by atoms with Gasteiger partial charge in [0.05, 0.1) is 24.1 Å². The number of carbonyl (C=O) groups excluding carboxylic acids is 1. The first-order chi connectivity index (χ1) is 10.4. The molecule has 3 rings (SSSR count). The molecule has 1 aromatic carbocycles. The monoisotopic (exact) mass is 322 g/mol. The number of hydrogen-bond donors (Lipinski definition) is 3. The van der Waals surface area contributed by atoms with Gasteiger partial charge in [-0.25, -0.2) is 8.42 Å². The summed E-state index contributed by atoms with van der Waals surface area (Å²) in [6, 6.07) is 6.16. The Morgan fingerprint density at radius 3 is 2.77 bits per heavy atom. The number of amides is 1. The van der Waals surface area contributed by atoms with Gasteiger partial charge < -0.3 is 10.4 Å². The van der Waals surface area contributed by atoms with Gasteiger partial charge in [-0.1, -0.05) is 12.1 Å². The smallest absolute Gasteiger partial charge is 0.260 e. The van der Waals surface area contributed by atoms with Gasteiger partial charge in [0.25, 0.3) is 5.91 Å². The molecule has 22 heavy (non-hydrogen) atoms. The third-order valence-corrected chi connectivity index (χ3v) is 4.67. The van der Waals surface area contributed by atoms with Gasteiger partial charge in [0, 0.05) is 12.1 Å². The molecule has 3 N–H and O–H groups in total. The maximum absolute atomic E-state index is 12.2. The van der Waals surface area contributed by atoms with Gasteiger partial charge in [-0.2, -0.15) is 9.40 Å². The first-order valence-corrected chi connectivity index (χ1v) is 8.31. The summed E-state index contributed by atoms with van der Waals surface area (Å²) >= 11 is 0. The average molecular weight is 322 g/mol. The van der Waals surface area contributed by atoms with E-state index in [2.05, 4.69) is 15.5 Å². The number of aromatic hydroxyl groups is 1. The maximum Gasteiger partial charge on any atom is 0.260 e. The summed E-state index contributed by atoms with van der Waals surface area (Å²) < 4.78 is 24.4. The minimum atomic E-state index is -3.32. The molecule has 0 saturated heterocycles. The van der Waals surface area contributed by atoms with Gasteiger partial charge in [-0.05, 0) is 12.1 Å². The summed E-state index contributed by atoms with van der Waals surface area (Å²) in [6.07, 6.45) is 1.13. The molecular formula is C13H14N4O4S. The minimum absolute atomic E-state index is 0.129. The lowest BCUT2D eigenvalue weighted by Gasteiger charge is -2.12. The Kier molecular flexibility index (Phi) is 3.38. The van der Waals surface area contributed by atoms with Crippen LogP contribution >= 0.6 is 0 Å². The molecule has 1 aromatic heterocycles. The molecule has 0 unspecified atom stereocenters. The number of rotatable bonds is 3. The third kappa shape index (κ3) is 2.55. The van der Waals surface area contributed by atoms with Crippen LogP contribution in [0, 0.1) is 0 Å². The fraction of sp³-hybridized carbons (Fsp3) is 0.231. The first-order valence-electron chi connectivity index (χ1n) is 6.47. The second-order valence-electron chi connectivity index (χ2n) is 5.03. The van der Waals surface area contributed by atoms with E-state index in [0.29, 0.717) is 17.1 Å². The van der Waals surface area contributed by atoms with Crippen molar-refractivity contribution < 1.29 is 18.3 Å². The molecule has 8 nitrogen and oxygen atoms in total. The zero-order chi connectivity index (χ0) is 15.9. The molecule has 2 heterocycles. The predicted octanol–water partition coefficient (Wildman–Crippen LogP) is 0.643. The Morgan fingerprint density at radius 2 is 2.09 bits per heavy atom. The fourth-order valence-corrected chi connectivity index (χ4v) is 3.01. The van der Waals surface area contributed by atoms with Gasteiger partial charge in [0.2, 0.25) is 10.0 Å². The number of nitrogens with one attached hydrogen (secondary N) is 2. The molecule has 0 spiro atoms. The Balaban J connectivity index is 1.82. The fourth-order valence-electron chi connectivity index (χ4n) is 2.29. The Bertz CT molecular complexity index is 843. The van der Waals surface area contributed by atoms with E-state index in [1.54, 1.807) is 12.1 Å². The number of phenols is 1. The molecule has 0 bridgehead atoms. The number of para-hydroxylation sites is 1. The largest absolute Gasteiger partial charge is 0.507 e. The lowest BCUT2D eigenvalue weighted by atomic mass is 10.2. The highest BCUT2D eigenvalue weighted by Gasteiger charge is 2.31. The van der Waals surface area contributed by atoms with Gasteiger partial charge >= 0.3 is 0 Å². The number of H-pyrrole nitrogens is 1. The summed E-state index contributed by atoms with van der Waals surface area (Å²) in [5, 5.41) is 19.0. The highest BCUT2D eigenvalue weighted by Crippen LogP contribution is 2.29. The van der Waals surface area contributed by atoms with Crippen molar-refractivity contribution in [3.63, 3.8) is 0 Å². The van der Waals surface area contributed by atoms with E-state index in [1.807, 2.05) is 0 Å². The van der Waals surface area contributed by atoms with Crippen molar-refractivity contribution in [3.8, 4) is 5.75 Å². The van der Waals surface area contributed by atoms with Crippen LogP contribution < -0.4 is 5.32 Å². The Labute approximate surface area is 126 Å². The highest BCUT2D eigenvalue weighted by molar-refractivity contribution is 7.88. The quantitative estimate of drug-likeness (QED) is 0.767. The van der Waals surface area contributed by atoms with E-state index in [9.17, 15) is 18.3 Å². The summed E-state index contributed by atoms with van der Waals surface area (Å²) in [6.45, 7) is 0.332. The maximum atomic E-state index is 12.2. The van der Waals surface area contributed by atoms with Gasteiger partial charge in [0.1, 0.15) is 11.6 Å². The number of benzene rings is 1.